The number of hydrogen-bond donors (Lipinski definition) is 1. The maximum atomic E-state index is 12.2. The Hall–Kier alpha value is -1.84. The molecule has 2 rings (SSSR count). The average molecular weight is 302 g/mol. The second-order valence-corrected chi connectivity index (χ2v) is 6.15. The van der Waals surface area contributed by atoms with E-state index in [0.717, 1.165) is 31.4 Å². The van der Waals surface area contributed by atoms with Crippen LogP contribution in [0.15, 0.2) is 24.3 Å². The van der Waals surface area contributed by atoms with Gasteiger partial charge in [0, 0.05) is 26.1 Å². The number of likely N-dealkylation sites (tertiary alicyclic amines) is 1. The van der Waals surface area contributed by atoms with Crippen LogP contribution < -0.4 is 5.32 Å². The first-order valence-electron chi connectivity index (χ1n) is 8.21. The molecule has 1 unspecified atom stereocenters. The zero-order valence-electron chi connectivity index (χ0n) is 13.6. The molecular formula is C18H26N2O2. The van der Waals surface area contributed by atoms with Crippen molar-refractivity contribution in [2.24, 2.45) is 5.92 Å². The van der Waals surface area contributed by atoms with Crippen molar-refractivity contribution in [1.82, 2.24) is 10.2 Å². The maximum Gasteiger partial charge on any atom is 0.225 e. The molecule has 4 nitrogen and oxygen atoms in total. The van der Waals surface area contributed by atoms with Crippen LogP contribution in [-0.4, -0.2) is 29.8 Å². The van der Waals surface area contributed by atoms with E-state index < -0.39 is 0 Å². The number of hydrogen-bond acceptors (Lipinski definition) is 2. The first-order chi connectivity index (χ1) is 10.6. The number of rotatable bonds is 7. The van der Waals surface area contributed by atoms with Crippen LogP contribution >= 0.6 is 0 Å². The Bertz CT molecular complexity index is 528. The molecular weight excluding hydrogens is 276 g/mol. The topological polar surface area (TPSA) is 49.4 Å². The van der Waals surface area contributed by atoms with Gasteiger partial charge in [-0.2, -0.15) is 0 Å². The summed E-state index contributed by atoms with van der Waals surface area (Å²) in [6, 6.07) is 8.10. The minimum absolute atomic E-state index is 0.00662. The molecule has 1 N–H and O–H groups in total. The highest BCUT2D eigenvalue weighted by atomic mass is 16.2. The van der Waals surface area contributed by atoms with Gasteiger partial charge in [-0.1, -0.05) is 49.6 Å². The van der Waals surface area contributed by atoms with E-state index in [1.165, 1.54) is 5.56 Å². The minimum atomic E-state index is -0.195. The van der Waals surface area contributed by atoms with E-state index in [-0.39, 0.29) is 17.7 Å². The van der Waals surface area contributed by atoms with E-state index in [4.69, 9.17) is 0 Å². The summed E-state index contributed by atoms with van der Waals surface area (Å²) < 4.78 is 0. The molecule has 1 aromatic carbocycles. The summed E-state index contributed by atoms with van der Waals surface area (Å²) in [5, 5.41) is 2.96. The molecule has 2 amide bonds. The van der Waals surface area contributed by atoms with Gasteiger partial charge < -0.3 is 10.2 Å². The number of unbranched alkanes of at least 4 members (excludes halogenated alkanes) is 2. The van der Waals surface area contributed by atoms with Gasteiger partial charge in [-0.05, 0) is 18.9 Å². The molecule has 4 heteroatoms. The van der Waals surface area contributed by atoms with Gasteiger partial charge in [0.1, 0.15) is 0 Å². The van der Waals surface area contributed by atoms with Gasteiger partial charge in [0.05, 0.1) is 5.92 Å². The number of carbonyl (C=O) groups is 2. The van der Waals surface area contributed by atoms with E-state index in [9.17, 15) is 9.59 Å². The van der Waals surface area contributed by atoms with Crippen LogP contribution in [0.25, 0.3) is 0 Å². The van der Waals surface area contributed by atoms with Gasteiger partial charge in [0.25, 0.3) is 0 Å². The van der Waals surface area contributed by atoms with Crippen molar-refractivity contribution in [1.29, 1.82) is 0 Å². The third-order valence-electron chi connectivity index (χ3n) is 4.17. The van der Waals surface area contributed by atoms with Crippen LogP contribution in [0.5, 0.6) is 0 Å². The summed E-state index contributed by atoms with van der Waals surface area (Å²) in [6.45, 7) is 6.07. The van der Waals surface area contributed by atoms with Gasteiger partial charge in [-0.3, -0.25) is 9.59 Å². The molecule has 0 bridgehead atoms. The summed E-state index contributed by atoms with van der Waals surface area (Å²) >= 11 is 0. The molecule has 120 valence electrons. The van der Waals surface area contributed by atoms with Crippen LogP contribution in [0.3, 0.4) is 0 Å². The predicted molar refractivity (Wildman–Crippen MR) is 87.2 cm³/mol. The third-order valence-corrected chi connectivity index (χ3v) is 4.17. The van der Waals surface area contributed by atoms with Crippen molar-refractivity contribution >= 4 is 11.8 Å². The molecule has 1 fully saturated rings. The summed E-state index contributed by atoms with van der Waals surface area (Å²) in [7, 11) is 0. The molecule has 0 aliphatic carbocycles. The lowest BCUT2D eigenvalue weighted by atomic mass is 10.1. The van der Waals surface area contributed by atoms with E-state index in [0.29, 0.717) is 19.5 Å². The van der Waals surface area contributed by atoms with Crippen LogP contribution in [0, 0.1) is 12.8 Å². The fourth-order valence-corrected chi connectivity index (χ4v) is 2.87. The lowest BCUT2D eigenvalue weighted by Gasteiger charge is -2.16. The zero-order valence-corrected chi connectivity index (χ0v) is 13.6. The van der Waals surface area contributed by atoms with Gasteiger partial charge in [-0.25, -0.2) is 0 Å². The van der Waals surface area contributed by atoms with Crippen LogP contribution in [0.1, 0.15) is 43.7 Å². The van der Waals surface area contributed by atoms with Crippen LogP contribution in [0.2, 0.25) is 0 Å². The van der Waals surface area contributed by atoms with Crippen molar-refractivity contribution in [3.63, 3.8) is 0 Å². The van der Waals surface area contributed by atoms with Crippen LogP contribution in [0.4, 0.5) is 0 Å². The third kappa shape index (κ3) is 4.58. The molecule has 1 atom stereocenters. The Morgan fingerprint density at radius 3 is 2.91 bits per heavy atom. The molecule has 1 aromatic rings. The van der Waals surface area contributed by atoms with Gasteiger partial charge in [0.2, 0.25) is 11.8 Å². The highest BCUT2D eigenvalue weighted by Gasteiger charge is 2.33. The smallest absolute Gasteiger partial charge is 0.225 e. The molecule has 1 saturated heterocycles. The molecule has 22 heavy (non-hydrogen) atoms. The fourth-order valence-electron chi connectivity index (χ4n) is 2.87. The van der Waals surface area contributed by atoms with Gasteiger partial charge in [0.15, 0.2) is 0 Å². The molecule has 1 heterocycles. The first-order valence-corrected chi connectivity index (χ1v) is 8.21. The Kier molecular flexibility index (Phi) is 5.99. The molecule has 1 aliphatic rings. The monoisotopic (exact) mass is 302 g/mol. The number of benzene rings is 1. The lowest BCUT2D eigenvalue weighted by molar-refractivity contribution is -0.129. The molecule has 0 saturated carbocycles. The Balaban J connectivity index is 1.79. The number of nitrogens with zero attached hydrogens (tertiary/aromatic N) is 1. The minimum Gasteiger partial charge on any atom is -0.352 e. The van der Waals surface area contributed by atoms with E-state index in [2.05, 4.69) is 18.3 Å². The van der Waals surface area contributed by atoms with Crippen LogP contribution in [-0.2, 0) is 16.1 Å². The van der Waals surface area contributed by atoms with Crippen molar-refractivity contribution in [2.75, 3.05) is 13.1 Å². The largest absolute Gasteiger partial charge is 0.352 e. The molecule has 0 aromatic heterocycles. The summed E-state index contributed by atoms with van der Waals surface area (Å²) in [5.41, 5.74) is 2.28. The number of amides is 2. The summed E-state index contributed by atoms with van der Waals surface area (Å²) in [6.07, 6.45) is 3.65. The summed E-state index contributed by atoms with van der Waals surface area (Å²) in [4.78, 5) is 26.0. The van der Waals surface area contributed by atoms with Crippen molar-refractivity contribution in [3.8, 4) is 0 Å². The Labute approximate surface area is 132 Å². The zero-order chi connectivity index (χ0) is 15.9. The quantitative estimate of drug-likeness (QED) is 0.787. The van der Waals surface area contributed by atoms with E-state index >= 15 is 0 Å². The standard InChI is InChI=1S/C18H26N2O2/c1-3-4-5-9-20-13-16(11-17(20)21)18(22)19-12-15-8-6-7-14(2)10-15/h6-8,10,16H,3-5,9,11-13H2,1-2H3,(H,19,22). The number of carbonyl (C=O) groups excluding carboxylic acids is 2. The summed E-state index contributed by atoms with van der Waals surface area (Å²) in [5.74, 6) is -0.0846. The lowest BCUT2D eigenvalue weighted by Crippen LogP contribution is -2.33. The predicted octanol–water partition coefficient (Wildman–Crippen LogP) is 2.65. The average Bonchev–Trinajstić information content (AvgIpc) is 2.87. The molecule has 1 aliphatic heterocycles. The molecule has 0 spiro atoms. The van der Waals surface area contributed by atoms with Gasteiger partial charge >= 0.3 is 0 Å². The Morgan fingerprint density at radius 2 is 2.18 bits per heavy atom. The number of aryl methyl sites for hydroxylation is 1. The fraction of sp³-hybridized carbons (Fsp3) is 0.556. The first kappa shape index (κ1) is 16.5. The number of nitrogens with one attached hydrogen (secondary N) is 1. The van der Waals surface area contributed by atoms with Crippen molar-refractivity contribution < 1.29 is 9.59 Å². The van der Waals surface area contributed by atoms with Gasteiger partial charge in [-0.15, -0.1) is 0 Å². The second-order valence-electron chi connectivity index (χ2n) is 6.15. The normalized spacial score (nSPS) is 17.8. The van der Waals surface area contributed by atoms with E-state index in [1.54, 1.807) is 0 Å². The highest BCUT2D eigenvalue weighted by Crippen LogP contribution is 2.19. The van der Waals surface area contributed by atoms with Crippen molar-refractivity contribution in [2.45, 2.75) is 46.1 Å². The maximum absolute atomic E-state index is 12.2. The Morgan fingerprint density at radius 1 is 1.36 bits per heavy atom. The van der Waals surface area contributed by atoms with E-state index in [1.807, 2.05) is 30.0 Å². The molecule has 0 radical (unpaired) electrons. The highest BCUT2D eigenvalue weighted by molar-refractivity contribution is 5.89. The second kappa shape index (κ2) is 7.97. The van der Waals surface area contributed by atoms with Crippen molar-refractivity contribution in [3.05, 3.63) is 35.4 Å². The SMILES string of the molecule is CCCCCN1CC(C(=O)NCc2cccc(C)c2)CC1=O.